The van der Waals surface area contributed by atoms with Gasteiger partial charge in [-0.05, 0) is 55.6 Å². The van der Waals surface area contributed by atoms with Gasteiger partial charge >= 0.3 is 0 Å². The first-order chi connectivity index (χ1) is 19.8. The summed E-state index contributed by atoms with van der Waals surface area (Å²) in [6, 6.07) is 15.9. The number of thiazole rings is 1. The fraction of sp³-hybridized carbons (Fsp3) is 0.455. The van der Waals surface area contributed by atoms with Crippen molar-refractivity contribution in [2.75, 3.05) is 26.7 Å². The quantitative estimate of drug-likeness (QED) is 0.218. The number of hydrogen-bond donors (Lipinski definition) is 2. The van der Waals surface area contributed by atoms with E-state index in [1.807, 2.05) is 36.4 Å². The number of carbonyl (C=O) groups excluding carboxylic acids is 3. The van der Waals surface area contributed by atoms with Crippen LogP contribution in [-0.4, -0.2) is 60.2 Å². The van der Waals surface area contributed by atoms with Gasteiger partial charge in [0.2, 0.25) is 11.8 Å². The molecule has 220 valence electrons. The van der Waals surface area contributed by atoms with E-state index in [2.05, 4.69) is 55.0 Å². The predicted molar refractivity (Wildman–Crippen MR) is 168 cm³/mol. The lowest BCUT2D eigenvalue weighted by Crippen LogP contribution is -2.42. The van der Waals surface area contributed by atoms with Crippen molar-refractivity contribution in [1.29, 1.82) is 0 Å². The van der Waals surface area contributed by atoms with Crippen LogP contribution < -0.4 is 10.6 Å². The predicted octanol–water partition coefficient (Wildman–Crippen LogP) is 5.13. The van der Waals surface area contributed by atoms with Crippen molar-refractivity contribution in [1.82, 2.24) is 20.5 Å². The molecule has 2 atom stereocenters. The molecule has 1 aromatic heterocycles. The second-order valence-corrected chi connectivity index (χ2v) is 11.6. The third-order valence-electron chi connectivity index (χ3n) is 7.50. The molecule has 8 heteroatoms. The Morgan fingerprint density at radius 1 is 1.00 bits per heavy atom. The van der Waals surface area contributed by atoms with Crippen LogP contribution >= 0.6 is 11.3 Å². The van der Waals surface area contributed by atoms with Crippen molar-refractivity contribution in [3.05, 3.63) is 76.8 Å². The van der Waals surface area contributed by atoms with Gasteiger partial charge in [-0.1, -0.05) is 63.7 Å². The van der Waals surface area contributed by atoms with Gasteiger partial charge in [0.15, 0.2) is 5.78 Å². The fourth-order valence-electron chi connectivity index (χ4n) is 4.85. The van der Waals surface area contributed by atoms with Gasteiger partial charge in [-0.3, -0.25) is 19.3 Å². The Morgan fingerprint density at radius 2 is 1.73 bits per heavy atom. The summed E-state index contributed by atoms with van der Waals surface area (Å²) in [5.74, 6) is -0.945. The van der Waals surface area contributed by atoms with Gasteiger partial charge in [-0.2, -0.15) is 0 Å². The maximum absolute atomic E-state index is 13.7. The minimum atomic E-state index is -0.576. The highest BCUT2D eigenvalue weighted by molar-refractivity contribution is 7.18. The zero-order valence-corrected chi connectivity index (χ0v) is 25.7. The smallest absolute Gasteiger partial charge is 0.224 e. The largest absolute Gasteiger partial charge is 0.359 e. The third kappa shape index (κ3) is 9.90. The van der Waals surface area contributed by atoms with Crippen LogP contribution in [0.4, 0.5) is 0 Å². The molecule has 3 rings (SSSR count). The number of rotatable bonds is 17. The van der Waals surface area contributed by atoms with E-state index < -0.39 is 5.92 Å². The highest BCUT2D eigenvalue weighted by Gasteiger charge is 2.26. The van der Waals surface area contributed by atoms with Crippen molar-refractivity contribution in [3.8, 4) is 0 Å². The number of carbonyl (C=O) groups is 3. The van der Waals surface area contributed by atoms with Crippen molar-refractivity contribution >= 4 is 39.2 Å². The standard InChI is InChI=1S/C33H44N4O3S/c1-6-24-14-16-28-30(19-24)41-32(36-28)21-26(20-31(39)34-5)33(40)35-27(18-25-12-10-9-11-13-25)15-17-29(38)23(4)22-37(7-2)8-3/h9-14,16,19,26-27H,4,6-8,15,17-18,20-22H2,1-3,5H3,(H,34,39)(H,35,40)/t26-,27+/m0/s1. The molecule has 0 spiro atoms. The third-order valence-corrected chi connectivity index (χ3v) is 8.54. The Labute approximate surface area is 248 Å². The van der Waals surface area contributed by atoms with Crippen molar-refractivity contribution in [2.24, 2.45) is 5.92 Å². The van der Waals surface area contributed by atoms with Gasteiger partial charge in [0.1, 0.15) is 0 Å². The molecule has 7 nitrogen and oxygen atoms in total. The highest BCUT2D eigenvalue weighted by atomic mass is 32.1. The molecule has 0 radical (unpaired) electrons. The number of ketones is 1. The van der Waals surface area contributed by atoms with Crippen LogP contribution in [0.2, 0.25) is 0 Å². The zero-order chi connectivity index (χ0) is 29.8. The Morgan fingerprint density at radius 3 is 2.39 bits per heavy atom. The molecule has 41 heavy (non-hydrogen) atoms. The monoisotopic (exact) mass is 576 g/mol. The first-order valence-electron chi connectivity index (χ1n) is 14.6. The van der Waals surface area contributed by atoms with Crippen LogP contribution in [-0.2, 0) is 33.6 Å². The second-order valence-electron chi connectivity index (χ2n) is 10.5. The Kier molecular flexibility index (Phi) is 12.7. The minimum Gasteiger partial charge on any atom is -0.359 e. The van der Waals surface area contributed by atoms with Gasteiger partial charge in [-0.25, -0.2) is 4.98 Å². The number of aryl methyl sites for hydroxylation is 1. The SMILES string of the molecule is C=C(CN(CC)CC)C(=O)CC[C@H](Cc1ccccc1)NC(=O)[C@@H](CC(=O)NC)Cc1nc2ccc(CC)cc2s1. The van der Waals surface area contributed by atoms with E-state index in [1.165, 1.54) is 5.56 Å². The molecule has 0 aliphatic heterocycles. The summed E-state index contributed by atoms with van der Waals surface area (Å²) in [5, 5.41) is 6.68. The van der Waals surface area contributed by atoms with E-state index in [0.29, 0.717) is 37.8 Å². The van der Waals surface area contributed by atoms with Crippen molar-refractivity contribution in [3.63, 3.8) is 0 Å². The molecule has 2 N–H and O–H groups in total. The molecular weight excluding hydrogens is 532 g/mol. The number of nitrogens with one attached hydrogen (secondary N) is 2. The molecule has 0 aliphatic rings. The average molecular weight is 577 g/mol. The Bertz CT molecular complexity index is 1320. The summed E-state index contributed by atoms with van der Waals surface area (Å²) in [6.45, 7) is 12.6. The number of nitrogens with zero attached hydrogens (tertiary/aromatic N) is 2. The summed E-state index contributed by atoms with van der Waals surface area (Å²) < 4.78 is 1.09. The highest BCUT2D eigenvalue weighted by Crippen LogP contribution is 2.26. The van der Waals surface area contributed by atoms with Gasteiger partial charge in [0, 0.05) is 44.5 Å². The molecule has 0 bridgehead atoms. The van der Waals surface area contributed by atoms with E-state index in [9.17, 15) is 14.4 Å². The van der Waals surface area contributed by atoms with Crippen molar-refractivity contribution < 1.29 is 14.4 Å². The molecule has 1 heterocycles. The summed E-state index contributed by atoms with van der Waals surface area (Å²) in [7, 11) is 1.58. The molecule has 3 aromatic rings. The lowest BCUT2D eigenvalue weighted by molar-refractivity contribution is -0.130. The molecule has 0 fully saturated rings. The Balaban J connectivity index is 1.75. The molecule has 2 amide bonds. The summed E-state index contributed by atoms with van der Waals surface area (Å²) >= 11 is 1.57. The summed E-state index contributed by atoms with van der Waals surface area (Å²) in [5.41, 5.74) is 3.82. The zero-order valence-electron chi connectivity index (χ0n) is 24.9. The molecule has 0 aliphatic carbocycles. The van der Waals surface area contributed by atoms with Crippen LogP contribution in [0.5, 0.6) is 0 Å². The topological polar surface area (TPSA) is 91.4 Å². The van der Waals surface area contributed by atoms with E-state index in [4.69, 9.17) is 4.98 Å². The molecule has 0 unspecified atom stereocenters. The lowest BCUT2D eigenvalue weighted by Gasteiger charge is -2.23. The fourth-order valence-corrected chi connectivity index (χ4v) is 5.96. The molecular formula is C33H44N4O3S. The summed E-state index contributed by atoms with van der Waals surface area (Å²) in [6.07, 6.45) is 2.77. The number of fused-ring (bicyclic) bond motifs is 1. The summed E-state index contributed by atoms with van der Waals surface area (Å²) in [4.78, 5) is 46.0. The molecule has 0 saturated carbocycles. The van der Waals surface area contributed by atoms with Crippen LogP contribution in [0.3, 0.4) is 0 Å². The Hall–Kier alpha value is -3.36. The maximum atomic E-state index is 13.7. The van der Waals surface area contributed by atoms with Crippen LogP contribution in [0.15, 0.2) is 60.7 Å². The lowest BCUT2D eigenvalue weighted by atomic mass is 9.95. The van der Waals surface area contributed by atoms with Gasteiger partial charge in [0.25, 0.3) is 0 Å². The van der Waals surface area contributed by atoms with Crippen LogP contribution in [0.25, 0.3) is 10.2 Å². The number of amides is 2. The van der Waals surface area contributed by atoms with Crippen LogP contribution in [0.1, 0.15) is 56.2 Å². The normalized spacial score (nSPS) is 12.7. The van der Waals surface area contributed by atoms with E-state index in [-0.39, 0.29) is 30.1 Å². The first-order valence-corrected chi connectivity index (χ1v) is 15.4. The van der Waals surface area contributed by atoms with Gasteiger partial charge in [-0.15, -0.1) is 11.3 Å². The van der Waals surface area contributed by atoms with E-state index in [1.54, 1.807) is 18.4 Å². The average Bonchev–Trinajstić information content (AvgIpc) is 3.39. The number of hydrogen-bond acceptors (Lipinski definition) is 6. The maximum Gasteiger partial charge on any atom is 0.224 e. The van der Waals surface area contributed by atoms with E-state index >= 15 is 0 Å². The van der Waals surface area contributed by atoms with Gasteiger partial charge in [0.05, 0.1) is 21.1 Å². The number of benzene rings is 2. The first kappa shape index (κ1) is 32.2. The number of Topliss-reactive ketones (excluding diaryl/α,β-unsaturated/α-hetero) is 1. The molecule has 2 aromatic carbocycles. The molecule has 0 saturated heterocycles. The number of likely N-dealkylation sites (N-methyl/N-ethyl adjacent to an activating group) is 1. The minimum absolute atomic E-state index is 0.0204. The number of aromatic nitrogens is 1. The van der Waals surface area contributed by atoms with Crippen molar-refractivity contribution in [2.45, 2.75) is 65.3 Å². The second kappa shape index (κ2) is 16.2. The van der Waals surface area contributed by atoms with Crippen LogP contribution in [0, 0.1) is 5.92 Å². The van der Waals surface area contributed by atoms with Gasteiger partial charge < -0.3 is 10.6 Å². The van der Waals surface area contributed by atoms with E-state index in [0.717, 1.165) is 40.3 Å².